The van der Waals surface area contributed by atoms with Crippen LogP contribution in [0.15, 0.2) is 11.6 Å². The standard InChI is InChI=1S/C13H21N3O2S.2ClH/c1-18-8-5-14-10-12(17)16-7-3-2-4-11(16)13-15-6-9-19-13;;/h6,9,11,14H,2-5,7-8,10H2,1H3;2*1H. The lowest BCUT2D eigenvalue weighted by molar-refractivity contribution is -0.134. The second kappa shape index (κ2) is 11.2. The molecule has 1 aliphatic heterocycles. The lowest BCUT2D eigenvalue weighted by atomic mass is 10.0. The molecule has 0 saturated carbocycles. The highest BCUT2D eigenvalue weighted by molar-refractivity contribution is 7.09. The number of piperidine rings is 1. The quantitative estimate of drug-likeness (QED) is 0.795. The van der Waals surface area contributed by atoms with Crippen LogP contribution in [-0.2, 0) is 9.53 Å². The van der Waals surface area contributed by atoms with Gasteiger partial charge in [-0.1, -0.05) is 0 Å². The first kappa shape index (κ1) is 20.6. The zero-order valence-corrected chi connectivity index (χ0v) is 14.6. The molecule has 21 heavy (non-hydrogen) atoms. The molecule has 1 saturated heterocycles. The molecular formula is C13H23Cl2N3O2S. The molecule has 0 spiro atoms. The van der Waals surface area contributed by atoms with E-state index in [1.807, 2.05) is 16.5 Å². The Balaban J connectivity index is 0.00000200. The lowest BCUT2D eigenvalue weighted by Gasteiger charge is -2.34. The van der Waals surface area contributed by atoms with Crippen molar-refractivity contribution < 1.29 is 9.53 Å². The predicted octanol–water partition coefficient (Wildman–Crippen LogP) is 2.28. The minimum absolute atomic E-state index is 0. The zero-order valence-electron chi connectivity index (χ0n) is 12.1. The first-order valence-corrected chi connectivity index (χ1v) is 7.59. The van der Waals surface area contributed by atoms with Crippen molar-refractivity contribution in [2.75, 3.05) is 33.4 Å². The van der Waals surface area contributed by atoms with Gasteiger partial charge in [-0.2, -0.15) is 0 Å². The van der Waals surface area contributed by atoms with Gasteiger partial charge in [0.05, 0.1) is 19.2 Å². The van der Waals surface area contributed by atoms with Gasteiger partial charge < -0.3 is 15.0 Å². The summed E-state index contributed by atoms with van der Waals surface area (Å²) < 4.78 is 4.95. The highest BCUT2D eigenvalue weighted by Crippen LogP contribution is 2.31. The first-order chi connectivity index (χ1) is 9.33. The Kier molecular flexibility index (Phi) is 11.0. The number of hydrogen-bond donors (Lipinski definition) is 1. The number of methoxy groups -OCH3 is 1. The van der Waals surface area contributed by atoms with Crippen molar-refractivity contribution in [2.24, 2.45) is 0 Å². The molecule has 2 heterocycles. The smallest absolute Gasteiger partial charge is 0.237 e. The number of likely N-dealkylation sites (tertiary alicyclic amines) is 1. The van der Waals surface area contributed by atoms with Crippen LogP contribution in [0.5, 0.6) is 0 Å². The molecule has 1 atom stereocenters. The summed E-state index contributed by atoms with van der Waals surface area (Å²) in [7, 11) is 1.66. The molecule has 0 aliphatic carbocycles. The molecule has 1 aromatic heterocycles. The number of hydrogen-bond acceptors (Lipinski definition) is 5. The molecule has 0 bridgehead atoms. The number of amides is 1. The molecule has 1 unspecified atom stereocenters. The topological polar surface area (TPSA) is 54.5 Å². The van der Waals surface area contributed by atoms with E-state index in [2.05, 4.69) is 10.3 Å². The van der Waals surface area contributed by atoms with E-state index in [0.717, 1.165) is 24.4 Å². The third-order valence-electron chi connectivity index (χ3n) is 3.32. The predicted molar refractivity (Wildman–Crippen MR) is 89.7 cm³/mol. The third-order valence-corrected chi connectivity index (χ3v) is 4.20. The number of carbonyl (C=O) groups excluding carboxylic acids is 1. The largest absolute Gasteiger partial charge is 0.383 e. The number of nitrogens with zero attached hydrogens (tertiary/aromatic N) is 2. The van der Waals surface area contributed by atoms with E-state index in [-0.39, 0.29) is 36.8 Å². The second-order valence-corrected chi connectivity index (χ2v) is 5.56. The summed E-state index contributed by atoms with van der Waals surface area (Å²) in [5.41, 5.74) is 0. The Hall–Kier alpha value is -0.400. The average Bonchev–Trinajstić information content (AvgIpc) is 2.97. The Labute approximate surface area is 142 Å². The fraction of sp³-hybridized carbons (Fsp3) is 0.692. The van der Waals surface area contributed by atoms with E-state index in [1.165, 1.54) is 6.42 Å². The van der Waals surface area contributed by atoms with Gasteiger partial charge in [-0.3, -0.25) is 4.79 Å². The van der Waals surface area contributed by atoms with Crippen LogP contribution in [0, 0.1) is 0 Å². The number of aromatic nitrogens is 1. The maximum absolute atomic E-state index is 12.3. The molecule has 2 rings (SSSR count). The summed E-state index contributed by atoms with van der Waals surface area (Å²) in [6, 6.07) is 0.172. The van der Waals surface area contributed by atoms with Gasteiger partial charge in [0.25, 0.3) is 0 Å². The molecule has 0 aromatic carbocycles. The van der Waals surface area contributed by atoms with E-state index in [4.69, 9.17) is 4.74 Å². The van der Waals surface area contributed by atoms with Gasteiger partial charge in [-0.15, -0.1) is 36.2 Å². The normalized spacial score (nSPS) is 17.8. The van der Waals surface area contributed by atoms with Crippen LogP contribution in [0.2, 0.25) is 0 Å². The molecule has 1 N–H and O–H groups in total. The van der Waals surface area contributed by atoms with Gasteiger partial charge >= 0.3 is 0 Å². The molecule has 1 amide bonds. The van der Waals surface area contributed by atoms with Gasteiger partial charge in [-0.25, -0.2) is 4.98 Å². The Bertz CT molecular complexity index is 393. The maximum atomic E-state index is 12.3. The number of ether oxygens (including phenoxy) is 1. The first-order valence-electron chi connectivity index (χ1n) is 6.71. The zero-order chi connectivity index (χ0) is 13.5. The average molecular weight is 356 g/mol. The molecule has 122 valence electrons. The van der Waals surface area contributed by atoms with Crippen LogP contribution in [0.3, 0.4) is 0 Å². The van der Waals surface area contributed by atoms with E-state index in [9.17, 15) is 4.79 Å². The number of thiazole rings is 1. The highest BCUT2D eigenvalue weighted by atomic mass is 35.5. The van der Waals surface area contributed by atoms with E-state index >= 15 is 0 Å². The van der Waals surface area contributed by atoms with Crippen LogP contribution >= 0.6 is 36.2 Å². The van der Waals surface area contributed by atoms with Gasteiger partial charge in [0.2, 0.25) is 5.91 Å². The fourth-order valence-electron chi connectivity index (χ4n) is 2.36. The number of halogens is 2. The Morgan fingerprint density at radius 2 is 2.33 bits per heavy atom. The summed E-state index contributed by atoms with van der Waals surface area (Å²) in [5, 5.41) is 6.15. The van der Waals surface area contributed by atoms with Crippen LogP contribution in [0.1, 0.15) is 30.3 Å². The summed E-state index contributed by atoms with van der Waals surface area (Å²) in [4.78, 5) is 18.6. The minimum atomic E-state index is 0. The van der Waals surface area contributed by atoms with Crippen LogP contribution in [-0.4, -0.2) is 49.1 Å². The lowest BCUT2D eigenvalue weighted by Crippen LogP contribution is -2.43. The monoisotopic (exact) mass is 355 g/mol. The maximum Gasteiger partial charge on any atom is 0.237 e. The summed E-state index contributed by atoms with van der Waals surface area (Å²) in [6.45, 7) is 2.56. The number of nitrogens with one attached hydrogen (secondary N) is 1. The molecule has 8 heteroatoms. The van der Waals surface area contributed by atoms with Crippen molar-refractivity contribution in [3.8, 4) is 0 Å². The van der Waals surface area contributed by atoms with Crippen molar-refractivity contribution in [3.63, 3.8) is 0 Å². The third kappa shape index (κ3) is 6.08. The summed E-state index contributed by atoms with van der Waals surface area (Å²) in [5.74, 6) is 0.163. The summed E-state index contributed by atoms with van der Waals surface area (Å²) in [6.07, 6.45) is 5.10. The Morgan fingerprint density at radius 1 is 1.52 bits per heavy atom. The Morgan fingerprint density at radius 3 is 3.00 bits per heavy atom. The fourth-order valence-corrected chi connectivity index (χ4v) is 3.14. The second-order valence-electron chi connectivity index (χ2n) is 4.64. The molecule has 5 nitrogen and oxygen atoms in total. The van der Waals surface area contributed by atoms with Crippen molar-refractivity contribution in [1.29, 1.82) is 0 Å². The molecule has 1 fully saturated rings. The van der Waals surface area contributed by atoms with Gasteiger partial charge in [-0.05, 0) is 19.3 Å². The molecule has 1 aromatic rings. The number of carbonyl (C=O) groups is 1. The van der Waals surface area contributed by atoms with Gasteiger partial charge in [0.1, 0.15) is 5.01 Å². The van der Waals surface area contributed by atoms with Crippen molar-refractivity contribution in [3.05, 3.63) is 16.6 Å². The van der Waals surface area contributed by atoms with Crippen molar-refractivity contribution in [2.45, 2.75) is 25.3 Å². The van der Waals surface area contributed by atoms with Crippen molar-refractivity contribution in [1.82, 2.24) is 15.2 Å². The van der Waals surface area contributed by atoms with Crippen LogP contribution in [0.25, 0.3) is 0 Å². The van der Waals surface area contributed by atoms with Crippen LogP contribution < -0.4 is 5.32 Å². The number of rotatable bonds is 6. The highest BCUT2D eigenvalue weighted by Gasteiger charge is 2.29. The van der Waals surface area contributed by atoms with E-state index in [0.29, 0.717) is 19.7 Å². The molecule has 0 radical (unpaired) electrons. The van der Waals surface area contributed by atoms with E-state index in [1.54, 1.807) is 18.4 Å². The van der Waals surface area contributed by atoms with Crippen LogP contribution in [0.4, 0.5) is 0 Å². The minimum Gasteiger partial charge on any atom is -0.383 e. The van der Waals surface area contributed by atoms with Gasteiger partial charge in [0.15, 0.2) is 0 Å². The van der Waals surface area contributed by atoms with Gasteiger partial charge in [0, 0.05) is 31.8 Å². The summed E-state index contributed by atoms with van der Waals surface area (Å²) >= 11 is 1.64. The van der Waals surface area contributed by atoms with E-state index < -0.39 is 0 Å². The van der Waals surface area contributed by atoms with Crippen molar-refractivity contribution >= 4 is 42.1 Å². The SMILES string of the molecule is COCCNCC(=O)N1CCCCC1c1nccs1.Cl.Cl. The molecular weight excluding hydrogens is 333 g/mol. The molecule has 1 aliphatic rings.